The number of rotatable bonds is 4. The van der Waals surface area contributed by atoms with Crippen LogP contribution < -0.4 is 0 Å². The van der Waals surface area contributed by atoms with Gasteiger partial charge in [0, 0.05) is 22.7 Å². The minimum Gasteiger partial charge on any atom is -0.402 e. The summed E-state index contributed by atoms with van der Waals surface area (Å²) < 4.78 is 5.10. The van der Waals surface area contributed by atoms with Gasteiger partial charge in [-0.2, -0.15) is 0 Å². The Kier molecular flexibility index (Phi) is 4.72. The second-order valence-electron chi connectivity index (χ2n) is 5.08. The summed E-state index contributed by atoms with van der Waals surface area (Å²) in [5.74, 6) is -0.553. The lowest BCUT2D eigenvalue weighted by Gasteiger charge is -1.98. The number of ether oxygens (including phenoxy) is 1. The molecule has 0 unspecified atom stereocenters. The van der Waals surface area contributed by atoms with Gasteiger partial charge in [0.2, 0.25) is 5.90 Å². The Morgan fingerprint density at radius 1 is 1.12 bits per heavy atom. The van der Waals surface area contributed by atoms with E-state index in [4.69, 9.17) is 16.3 Å². The minimum absolute atomic E-state index is 0.0572. The van der Waals surface area contributed by atoms with E-state index >= 15 is 0 Å². The molecule has 0 spiro atoms. The van der Waals surface area contributed by atoms with E-state index in [2.05, 4.69) is 4.99 Å². The minimum atomic E-state index is -0.632. The summed E-state index contributed by atoms with van der Waals surface area (Å²) in [5.41, 5.74) is 1.35. The zero-order valence-electron chi connectivity index (χ0n) is 12.8. The molecular weight excluding hydrogens is 344 g/mol. The van der Waals surface area contributed by atoms with Gasteiger partial charge < -0.3 is 4.74 Å². The van der Waals surface area contributed by atoms with Crippen LogP contribution >= 0.6 is 11.6 Å². The molecule has 0 fully saturated rings. The maximum Gasteiger partial charge on any atom is 0.363 e. The molecular formula is C18H11ClN2O4. The van der Waals surface area contributed by atoms with E-state index in [0.717, 1.165) is 5.56 Å². The number of esters is 1. The Morgan fingerprint density at radius 3 is 2.44 bits per heavy atom. The van der Waals surface area contributed by atoms with Crippen molar-refractivity contribution < 1.29 is 14.5 Å². The molecule has 1 aliphatic rings. The van der Waals surface area contributed by atoms with Gasteiger partial charge in [-0.25, -0.2) is 9.79 Å². The van der Waals surface area contributed by atoms with Gasteiger partial charge >= 0.3 is 5.97 Å². The fourth-order valence-electron chi connectivity index (χ4n) is 2.14. The van der Waals surface area contributed by atoms with Crippen LogP contribution in [0.2, 0.25) is 0 Å². The van der Waals surface area contributed by atoms with Crippen molar-refractivity contribution >= 4 is 35.2 Å². The Bertz CT molecular complexity index is 916. The van der Waals surface area contributed by atoms with Gasteiger partial charge in [-0.05, 0) is 29.8 Å². The molecule has 3 rings (SSSR count). The van der Waals surface area contributed by atoms with Crippen LogP contribution in [0.25, 0.3) is 6.08 Å². The first-order valence-corrected chi connectivity index (χ1v) is 7.60. The summed E-state index contributed by atoms with van der Waals surface area (Å²) in [4.78, 5) is 26.2. The van der Waals surface area contributed by atoms with Crippen LogP contribution in [0.4, 0.5) is 5.69 Å². The first kappa shape index (κ1) is 16.6. The number of aliphatic imine (C=N–C) groups is 1. The van der Waals surface area contributed by atoms with Gasteiger partial charge in [-0.1, -0.05) is 41.9 Å². The standard InChI is InChI=1S/C18H11ClN2O4/c19-14(10-12-4-2-1-3-5-12)11-16-18(22)25-17(20-16)13-6-8-15(9-7-13)21(23)24/h1-11H. The van der Waals surface area contributed by atoms with Gasteiger partial charge in [0.05, 0.1) is 4.92 Å². The normalized spacial score (nSPS) is 15.9. The number of hydrogen-bond acceptors (Lipinski definition) is 5. The largest absolute Gasteiger partial charge is 0.402 e. The van der Waals surface area contributed by atoms with Gasteiger partial charge in [-0.15, -0.1) is 0 Å². The fourth-order valence-corrected chi connectivity index (χ4v) is 2.37. The average molecular weight is 355 g/mol. The van der Waals surface area contributed by atoms with E-state index in [9.17, 15) is 14.9 Å². The van der Waals surface area contributed by atoms with E-state index in [1.807, 2.05) is 30.3 Å². The maximum atomic E-state index is 11.9. The highest BCUT2D eigenvalue weighted by Crippen LogP contribution is 2.21. The monoisotopic (exact) mass is 354 g/mol. The molecule has 0 amide bonds. The third-order valence-electron chi connectivity index (χ3n) is 3.32. The summed E-state index contributed by atoms with van der Waals surface area (Å²) in [5, 5.41) is 11.0. The van der Waals surface area contributed by atoms with Crippen molar-refractivity contribution in [1.82, 2.24) is 0 Å². The molecule has 124 valence electrons. The molecule has 6 nitrogen and oxygen atoms in total. The van der Waals surface area contributed by atoms with Crippen LogP contribution in [0.1, 0.15) is 11.1 Å². The lowest BCUT2D eigenvalue weighted by Crippen LogP contribution is -2.05. The SMILES string of the molecule is O=C1OC(c2ccc([N+](=O)[O-])cc2)=NC1=CC(Cl)=Cc1ccccc1. The Balaban J connectivity index is 1.84. The van der Waals surface area contributed by atoms with Crippen LogP contribution in [-0.2, 0) is 9.53 Å². The lowest BCUT2D eigenvalue weighted by molar-refractivity contribution is -0.384. The van der Waals surface area contributed by atoms with Crippen LogP contribution in [0.15, 0.2) is 76.4 Å². The number of carbonyl (C=O) groups is 1. The van der Waals surface area contributed by atoms with Crippen molar-refractivity contribution in [2.75, 3.05) is 0 Å². The first-order valence-electron chi connectivity index (χ1n) is 7.22. The molecule has 2 aromatic rings. The van der Waals surface area contributed by atoms with Gasteiger partial charge in [0.1, 0.15) is 0 Å². The van der Waals surface area contributed by atoms with E-state index in [-0.39, 0.29) is 17.3 Å². The Hall–Kier alpha value is -3.25. The molecule has 0 N–H and O–H groups in total. The van der Waals surface area contributed by atoms with E-state index in [1.54, 1.807) is 6.08 Å². The number of cyclic esters (lactones) is 1. The van der Waals surface area contributed by atoms with Crippen molar-refractivity contribution in [1.29, 1.82) is 0 Å². The molecule has 2 aromatic carbocycles. The van der Waals surface area contributed by atoms with Crippen LogP contribution in [0.3, 0.4) is 0 Å². The number of benzene rings is 2. The predicted octanol–water partition coefficient (Wildman–Crippen LogP) is 4.06. The number of carbonyl (C=O) groups excluding carboxylic acids is 1. The molecule has 0 aliphatic carbocycles. The zero-order valence-corrected chi connectivity index (χ0v) is 13.5. The second-order valence-corrected chi connectivity index (χ2v) is 5.52. The summed E-state index contributed by atoms with van der Waals surface area (Å²) in [6.07, 6.45) is 3.11. The van der Waals surface area contributed by atoms with Crippen LogP contribution in [-0.4, -0.2) is 16.8 Å². The molecule has 25 heavy (non-hydrogen) atoms. The van der Waals surface area contributed by atoms with E-state index in [0.29, 0.717) is 10.6 Å². The number of halogens is 1. The first-order chi connectivity index (χ1) is 12.0. The van der Waals surface area contributed by atoms with Gasteiger partial charge in [-0.3, -0.25) is 10.1 Å². The van der Waals surface area contributed by atoms with Gasteiger partial charge in [0.25, 0.3) is 5.69 Å². The third kappa shape index (κ3) is 3.99. The topological polar surface area (TPSA) is 81.8 Å². The molecule has 1 heterocycles. The smallest absolute Gasteiger partial charge is 0.363 e. The number of non-ortho nitro benzene ring substituents is 1. The van der Waals surface area contributed by atoms with Crippen molar-refractivity contribution in [3.63, 3.8) is 0 Å². The lowest BCUT2D eigenvalue weighted by atomic mass is 10.2. The molecule has 0 radical (unpaired) electrons. The predicted molar refractivity (Wildman–Crippen MR) is 94.1 cm³/mol. The molecule has 0 saturated carbocycles. The van der Waals surface area contributed by atoms with Crippen molar-refractivity contribution in [3.05, 3.63) is 92.6 Å². The number of allylic oxidation sites excluding steroid dienone is 2. The van der Waals surface area contributed by atoms with Gasteiger partial charge in [0.15, 0.2) is 5.70 Å². The maximum absolute atomic E-state index is 11.9. The third-order valence-corrected chi connectivity index (χ3v) is 3.54. The number of hydrogen-bond donors (Lipinski definition) is 0. The van der Waals surface area contributed by atoms with Crippen LogP contribution in [0, 0.1) is 10.1 Å². The van der Waals surface area contributed by atoms with Crippen molar-refractivity contribution in [2.24, 2.45) is 4.99 Å². The van der Waals surface area contributed by atoms with E-state index in [1.165, 1.54) is 30.3 Å². The molecule has 0 aromatic heterocycles. The summed E-state index contributed by atoms with van der Waals surface area (Å²) in [7, 11) is 0. The fraction of sp³-hybridized carbons (Fsp3) is 0. The number of nitro benzene ring substituents is 1. The quantitative estimate of drug-likeness (QED) is 0.359. The van der Waals surface area contributed by atoms with Crippen molar-refractivity contribution in [3.8, 4) is 0 Å². The average Bonchev–Trinajstić information content (AvgIpc) is 2.96. The molecule has 0 bridgehead atoms. The summed E-state index contributed by atoms with van der Waals surface area (Å²) in [6, 6.07) is 14.9. The summed E-state index contributed by atoms with van der Waals surface area (Å²) >= 11 is 6.14. The number of nitro groups is 1. The molecule has 1 aliphatic heterocycles. The van der Waals surface area contributed by atoms with Crippen molar-refractivity contribution in [2.45, 2.75) is 0 Å². The molecule has 7 heteroatoms. The van der Waals surface area contributed by atoms with E-state index < -0.39 is 10.9 Å². The zero-order chi connectivity index (χ0) is 17.8. The highest BCUT2D eigenvalue weighted by Gasteiger charge is 2.24. The highest BCUT2D eigenvalue weighted by molar-refractivity contribution is 6.33. The van der Waals surface area contributed by atoms with Crippen LogP contribution in [0.5, 0.6) is 0 Å². The molecule has 0 saturated heterocycles. The number of nitrogens with zero attached hydrogens (tertiary/aromatic N) is 2. The Labute approximate surface area is 147 Å². The molecule has 0 atom stereocenters. The second kappa shape index (κ2) is 7.11. The summed E-state index contributed by atoms with van der Waals surface area (Å²) in [6.45, 7) is 0. The Morgan fingerprint density at radius 2 is 1.80 bits per heavy atom. The highest BCUT2D eigenvalue weighted by atomic mass is 35.5.